The third-order valence-corrected chi connectivity index (χ3v) is 7.01. The van der Waals surface area contributed by atoms with E-state index in [1.165, 1.54) is 38.2 Å². The predicted octanol–water partition coefficient (Wildman–Crippen LogP) is 5.10. The summed E-state index contributed by atoms with van der Waals surface area (Å²) >= 11 is 0. The Balaban J connectivity index is 2.19. The van der Waals surface area contributed by atoms with Crippen molar-refractivity contribution in [2.45, 2.75) is 63.3 Å². The van der Waals surface area contributed by atoms with Crippen LogP contribution in [0.4, 0.5) is 11.4 Å². The summed E-state index contributed by atoms with van der Waals surface area (Å²) in [5.41, 5.74) is 16.2. The minimum absolute atomic E-state index is 0.137. The lowest BCUT2D eigenvalue weighted by atomic mass is 9.68. The third-order valence-electron chi connectivity index (χ3n) is 7.01. The molecule has 1 aliphatic carbocycles. The number of rotatable bonds is 6. The van der Waals surface area contributed by atoms with Gasteiger partial charge in [-0.2, -0.15) is 0 Å². The molecule has 1 unspecified atom stereocenters. The number of carbonyl (C=O) groups excluding carboxylic acids is 2. The normalized spacial score (nSPS) is 17.2. The van der Waals surface area contributed by atoms with E-state index in [1.54, 1.807) is 13.1 Å². The first kappa shape index (κ1) is 25.5. The molecule has 2 aromatic carbocycles. The maximum atomic E-state index is 12.7. The topological polar surface area (TPSA) is 110 Å². The number of amides is 2. The van der Waals surface area contributed by atoms with Crippen LogP contribution in [-0.2, 0) is 10.3 Å². The van der Waals surface area contributed by atoms with E-state index in [9.17, 15) is 9.59 Å². The van der Waals surface area contributed by atoms with Gasteiger partial charge in [-0.15, -0.1) is 0 Å². The van der Waals surface area contributed by atoms with Gasteiger partial charge in [0.15, 0.2) is 0 Å². The number of carbonyl (C=O) groups is 2. The summed E-state index contributed by atoms with van der Waals surface area (Å²) in [7, 11) is 1.59. The molecule has 2 amide bonds. The van der Waals surface area contributed by atoms with Gasteiger partial charge in [-0.1, -0.05) is 69.7 Å². The third kappa shape index (κ3) is 5.86. The Morgan fingerprint density at radius 1 is 1.00 bits per heavy atom. The fraction of sp³-hybridized carbons (Fsp3) is 0.429. The quantitative estimate of drug-likeness (QED) is 0.354. The largest absolute Gasteiger partial charge is 0.398 e. The molecule has 3 rings (SSSR count). The second-order valence-electron chi connectivity index (χ2n) is 9.28. The summed E-state index contributed by atoms with van der Waals surface area (Å²) in [4.78, 5) is 24.7. The van der Waals surface area contributed by atoms with Crippen LogP contribution in [0, 0.1) is 5.92 Å². The van der Waals surface area contributed by atoms with Gasteiger partial charge in [-0.3, -0.25) is 9.59 Å². The van der Waals surface area contributed by atoms with Crippen molar-refractivity contribution in [2.75, 3.05) is 18.1 Å². The molecule has 0 bridgehead atoms. The summed E-state index contributed by atoms with van der Waals surface area (Å²) < 4.78 is 0. The zero-order valence-corrected chi connectivity index (χ0v) is 20.2. The maximum absolute atomic E-state index is 12.7. The average Bonchev–Trinajstić information content (AvgIpc) is 2.86. The van der Waals surface area contributed by atoms with Crippen molar-refractivity contribution in [3.05, 3.63) is 71.8 Å². The van der Waals surface area contributed by atoms with Crippen LogP contribution in [-0.4, -0.2) is 18.9 Å². The van der Waals surface area contributed by atoms with Crippen molar-refractivity contribution < 1.29 is 9.59 Å². The molecule has 1 aliphatic rings. The van der Waals surface area contributed by atoms with Gasteiger partial charge in [-0.25, -0.2) is 0 Å². The van der Waals surface area contributed by atoms with E-state index in [1.807, 2.05) is 36.4 Å². The lowest BCUT2D eigenvalue weighted by Gasteiger charge is -2.40. The molecule has 6 N–H and O–H groups in total. The van der Waals surface area contributed by atoms with E-state index in [2.05, 4.69) is 17.2 Å². The predicted molar refractivity (Wildman–Crippen MR) is 140 cm³/mol. The molecule has 34 heavy (non-hydrogen) atoms. The van der Waals surface area contributed by atoms with Gasteiger partial charge in [-0.05, 0) is 60.2 Å². The van der Waals surface area contributed by atoms with Crippen LogP contribution in [0.15, 0.2) is 55.1 Å². The Labute approximate surface area is 203 Å². The highest BCUT2D eigenvalue weighted by Crippen LogP contribution is 2.43. The van der Waals surface area contributed by atoms with E-state index >= 15 is 0 Å². The van der Waals surface area contributed by atoms with Crippen molar-refractivity contribution in [1.82, 2.24) is 5.32 Å². The fourth-order valence-electron chi connectivity index (χ4n) is 5.16. The number of anilines is 2. The number of benzene rings is 2. The molecular weight excluding hydrogens is 424 g/mol. The number of hydrogen-bond donors (Lipinski definition) is 4. The number of nitrogens with two attached hydrogens (primary N) is 2. The average molecular weight is 463 g/mol. The second kappa shape index (κ2) is 11.8. The molecule has 1 fully saturated rings. The molecule has 6 nitrogen and oxygen atoms in total. The molecular formula is C28H38N4O2. The van der Waals surface area contributed by atoms with Crippen LogP contribution in [0.5, 0.6) is 0 Å². The van der Waals surface area contributed by atoms with Crippen LogP contribution in [0.1, 0.15) is 79.3 Å². The van der Waals surface area contributed by atoms with Gasteiger partial charge in [0.1, 0.15) is 0 Å². The molecule has 0 heterocycles. The number of nitrogens with one attached hydrogen (secondary N) is 2. The standard InChI is InChI=1S/C28H38N4O2/c1-3-26(33)32-23-18-20(27(34)31-2)17-22(19-23)28(30,24-15-11-12-16-25(24)29)21-13-9-7-5-4-6-8-10-14-21/h3,11-12,15-19,21H,1,4-10,13-14,29-30H2,2H3,(H,31,34)(H,32,33). The van der Waals surface area contributed by atoms with Crippen LogP contribution in [0.2, 0.25) is 0 Å². The van der Waals surface area contributed by atoms with Gasteiger partial charge in [0, 0.05) is 24.0 Å². The lowest BCUT2D eigenvalue weighted by Crippen LogP contribution is -2.46. The highest BCUT2D eigenvalue weighted by atomic mass is 16.2. The second-order valence-corrected chi connectivity index (χ2v) is 9.28. The van der Waals surface area contributed by atoms with Crippen LogP contribution < -0.4 is 22.1 Å². The van der Waals surface area contributed by atoms with Gasteiger partial charge in [0.2, 0.25) is 5.91 Å². The molecule has 0 spiro atoms. The summed E-state index contributed by atoms with van der Waals surface area (Å²) in [6.45, 7) is 3.54. The fourth-order valence-corrected chi connectivity index (χ4v) is 5.16. The number of para-hydroxylation sites is 1. The zero-order valence-electron chi connectivity index (χ0n) is 20.2. The Hall–Kier alpha value is -3.12. The SMILES string of the molecule is C=CC(=O)Nc1cc(C(=O)NC)cc(C(N)(c2ccccc2N)C2CCCCCCCCC2)c1. The van der Waals surface area contributed by atoms with Crippen LogP contribution in [0.25, 0.3) is 0 Å². The van der Waals surface area contributed by atoms with Gasteiger partial charge in [0.25, 0.3) is 5.91 Å². The molecule has 0 radical (unpaired) electrons. The molecule has 1 atom stereocenters. The number of nitrogen functional groups attached to an aromatic ring is 1. The van der Waals surface area contributed by atoms with E-state index in [0.29, 0.717) is 16.9 Å². The van der Waals surface area contributed by atoms with E-state index in [0.717, 1.165) is 36.8 Å². The van der Waals surface area contributed by atoms with Crippen molar-refractivity contribution in [2.24, 2.45) is 11.7 Å². The first-order valence-corrected chi connectivity index (χ1v) is 12.3. The van der Waals surface area contributed by atoms with E-state index < -0.39 is 5.54 Å². The molecule has 0 aliphatic heterocycles. The number of hydrogen-bond acceptors (Lipinski definition) is 4. The zero-order chi connectivity index (χ0) is 24.6. The highest BCUT2D eigenvalue weighted by molar-refractivity contribution is 6.01. The molecule has 6 heteroatoms. The van der Waals surface area contributed by atoms with Crippen LogP contribution >= 0.6 is 0 Å². The molecule has 182 valence electrons. The van der Waals surface area contributed by atoms with Crippen LogP contribution in [0.3, 0.4) is 0 Å². The summed E-state index contributed by atoms with van der Waals surface area (Å²) in [6, 6.07) is 13.1. The molecule has 0 saturated heterocycles. The minimum atomic E-state index is -0.914. The molecule has 0 aromatic heterocycles. The first-order chi connectivity index (χ1) is 16.4. The van der Waals surface area contributed by atoms with Gasteiger partial charge >= 0.3 is 0 Å². The lowest BCUT2D eigenvalue weighted by molar-refractivity contribution is -0.111. The van der Waals surface area contributed by atoms with Crippen molar-refractivity contribution in [3.63, 3.8) is 0 Å². The van der Waals surface area contributed by atoms with E-state index in [-0.39, 0.29) is 17.7 Å². The Bertz CT molecular complexity index is 1010. The Morgan fingerprint density at radius 2 is 1.62 bits per heavy atom. The van der Waals surface area contributed by atoms with Gasteiger partial charge in [0.05, 0.1) is 5.54 Å². The summed E-state index contributed by atoms with van der Waals surface area (Å²) in [5, 5.41) is 5.49. The summed E-state index contributed by atoms with van der Waals surface area (Å²) in [5.74, 6) is -0.455. The first-order valence-electron chi connectivity index (χ1n) is 12.3. The Kier molecular flexibility index (Phi) is 8.88. The molecule has 1 saturated carbocycles. The monoisotopic (exact) mass is 462 g/mol. The highest BCUT2D eigenvalue weighted by Gasteiger charge is 2.40. The van der Waals surface area contributed by atoms with Crippen molar-refractivity contribution in [3.8, 4) is 0 Å². The smallest absolute Gasteiger partial charge is 0.251 e. The van der Waals surface area contributed by atoms with Crippen molar-refractivity contribution in [1.29, 1.82) is 0 Å². The summed E-state index contributed by atoms with van der Waals surface area (Å²) in [6.07, 6.45) is 11.5. The Morgan fingerprint density at radius 3 is 2.21 bits per heavy atom. The minimum Gasteiger partial charge on any atom is -0.398 e. The van der Waals surface area contributed by atoms with Crippen molar-refractivity contribution >= 4 is 23.2 Å². The van der Waals surface area contributed by atoms with E-state index in [4.69, 9.17) is 11.5 Å². The van der Waals surface area contributed by atoms with Gasteiger partial charge < -0.3 is 22.1 Å². The maximum Gasteiger partial charge on any atom is 0.251 e. The molecule has 2 aromatic rings.